The minimum absolute atomic E-state index is 0.429. The molecule has 1 aromatic heterocycles. The second-order valence-corrected chi connectivity index (χ2v) is 4.25. The molecule has 0 aromatic carbocycles. The van der Waals surface area contributed by atoms with Gasteiger partial charge in [-0.1, -0.05) is 11.3 Å². The molecule has 0 unspecified atom stereocenters. The molecule has 0 radical (unpaired) electrons. The van der Waals surface area contributed by atoms with Crippen molar-refractivity contribution in [2.45, 2.75) is 6.61 Å². The molecular weight excluding hydrogens is 240 g/mol. The maximum Gasteiger partial charge on any atom is 0.207 e. The molecule has 0 aliphatic heterocycles. The number of rotatable bonds is 8. The number of nitrogens with zero attached hydrogens (tertiary/aromatic N) is 2. The SMILES string of the molecule is COCCOCCOCc1nnc(Cl)s1. The number of hydrogen-bond acceptors (Lipinski definition) is 6. The summed E-state index contributed by atoms with van der Waals surface area (Å²) in [5.41, 5.74) is 0. The van der Waals surface area contributed by atoms with Crippen LogP contribution in [0.3, 0.4) is 0 Å². The maximum absolute atomic E-state index is 5.61. The Bertz CT molecular complexity index is 272. The number of halogens is 1. The largest absolute Gasteiger partial charge is 0.382 e. The third-order valence-corrected chi connectivity index (χ3v) is 2.46. The van der Waals surface area contributed by atoms with Crippen molar-refractivity contribution < 1.29 is 14.2 Å². The monoisotopic (exact) mass is 252 g/mol. The van der Waals surface area contributed by atoms with Crippen LogP contribution in [0.1, 0.15) is 5.01 Å². The van der Waals surface area contributed by atoms with Crippen molar-refractivity contribution in [3.05, 3.63) is 9.47 Å². The van der Waals surface area contributed by atoms with Crippen LogP contribution < -0.4 is 0 Å². The fourth-order valence-corrected chi connectivity index (χ4v) is 1.62. The minimum Gasteiger partial charge on any atom is -0.382 e. The molecule has 0 spiro atoms. The van der Waals surface area contributed by atoms with E-state index in [4.69, 9.17) is 25.8 Å². The fraction of sp³-hybridized carbons (Fsp3) is 0.750. The Kier molecular flexibility index (Phi) is 6.78. The average molecular weight is 253 g/mol. The Morgan fingerprint density at radius 2 is 1.87 bits per heavy atom. The van der Waals surface area contributed by atoms with Crippen LogP contribution in [0.5, 0.6) is 0 Å². The van der Waals surface area contributed by atoms with Crippen molar-refractivity contribution in [2.24, 2.45) is 0 Å². The van der Waals surface area contributed by atoms with E-state index in [0.717, 1.165) is 5.01 Å². The van der Waals surface area contributed by atoms with Gasteiger partial charge < -0.3 is 14.2 Å². The van der Waals surface area contributed by atoms with Crippen molar-refractivity contribution in [3.63, 3.8) is 0 Å². The molecule has 1 rings (SSSR count). The van der Waals surface area contributed by atoms with Crippen LogP contribution in [-0.4, -0.2) is 43.7 Å². The molecular formula is C8H13ClN2O3S. The van der Waals surface area contributed by atoms with Gasteiger partial charge in [-0.05, 0) is 11.6 Å². The molecule has 0 saturated heterocycles. The molecule has 86 valence electrons. The normalized spacial score (nSPS) is 10.8. The lowest BCUT2D eigenvalue weighted by atomic mass is 10.7. The molecule has 1 heterocycles. The van der Waals surface area contributed by atoms with Gasteiger partial charge >= 0.3 is 0 Å². The van der Waals surface area contributed by atoms with Crippen LogP contribution in [0.4, 0.5) is 0 Å². The first-order valence-electron chi connectivity index (χ1n) is 4.45. The van der Waals surface area contributed by atoms with E-state index in [2.05, 4.69) is 10.2 Å². The molecule has 0 N–H and O–H groups in total. The Labute approximate surface area is 97.3 Å². The molecule has 5 nitrogen and oxygen atoms in total. The molecule has 0 atom stereocenters. The van der Waals surface area contributed by atoms with Gasteiger partial charge in [0.1, 0.15) is 11.6 Å². The summed E-state index contributed by atoms with van der Waals surface area (Å²) in [5.74, 6) is 0. The third-order valence-electron chi connectivity index (χ3n) is 1.47. The summed E-state index contributed by atoms with van der Waals surface area (Å²) in [6, 6.07) is 0. The summed E-state index contributed by atoms with van der Waals surface area (Å²) in [7, 11) is 1.64. The fourth-order valence-electron chi connectivity index (χ4n) is 0.813. The van der Waals surface area contributed by atoms with Gasteiger partial charge in [-0.15, -0.1) is 10.2 Å². The van der Waals surface area contributed by atoms with E-state index in [1.165, 1.54) is 11.3 Å². The first kappa shape index (κ1) is 12.8. The number of ether oxygens (including phenoxy) is 3. The molecule has 0 aliphatic carbocycles. The van der Waals surface area contributed by atoms with E-state index in [0.29, 0.717) is 37.5 Å². The van der Waals surface area contributed by atoms with Crippen LogP contribution >= 0.6 is 22.9 Å². The second kappa shape index (κ2) is 7.95. The zero-order valence-electron chi connectivity index (χ0n) is 8.44. The van der Waals surface area contributed by atoms with Crippen LogP contribution in [0.2, 0.25) is 4.47 Å². The van der Waals surface area contributed by atoms with Crippen molar-refractivity contribution in [2.75, 3.05) is 33.5 Å². The molecule has 1 aromatic rings. The van der Waals surface area contributed by atoms with E-state index in [1.54, 1.807) is 7.11 Å². The number of methoxy groups -OCH3 is 1. The van der Waals surface area contributed by atoms with Gasteiger partial charge in [-0.25, -0.2) is 0 Å². The highest BCUT2D eigenvalue weighted by molar-refractivity contribution is 7.15. The number of hydrogen-bond donors (Lipinski definition) is 0. The molecule has 0 aliphatic rings. The van der Waals surface area contributed by atoms with E-state index < -0.39 is 0 Å². The van der Waals surface area contributed by atoms with Gasteiger partial charge in [0.05, 0.1) is 26.4 Å². The summed E-state index contributed by atoms with van der Waals surface area (Å²) < 4.78 is 15.8. The second-order valence-electron chi connectivity index (χ2n) is 2.61. The van der Waals surface area contributed by atoms with Crippen molar-refractivity contribution in [1.29, 1.82) is 0 Å². The molecule has 7 heteroatoms. The smallest absolute Gasteiger partial charge is 0.207 e. The Hall–Kier alpha value is -0.270. The van der Waals surface area contributed by atoms with E-state index in [9.17, 15) is 0 Å². The van der Waals surface area contributed by atoms with Crippen LogP contribution in [0.15, 0.2) is 0 Å². The Morgan fingerprint density at radius 3 is 2.53 bits per heavy atom. The lowest BCUT2D eigenvalue weighted by Gasteiger charge is -2.03. The summed E-state index contributed by atoms with van der Waals surface area (Å²) in [6.45, 7) is 2.70. The summed E-state index contributed by atoms with van der Waals surface area (Å²) in [6.07, 6.45) is 0. The quantitative estimate of drug-likeness (QED) is 0.654. The van der Waals surface area contributed by atoms with Crippen molar-refractivity contribution in [3.8, 4) is 0 Å². The molecule has 0 saturated carbocycles. The van der Waals surface area contributed by atoms with E-state index in [-0.39, 0.29) is 0 Å². The van der Waals surface area contributed by atoms with Crippen molar-refractivity contribution >= 4 is 22.9 Å². The minimum atomic E-state index is 0.429. The lowest BCUT2D eigenvalue weighted by molar-refractivity contribution is 0.0198. The molecule has 15 heavy (non-hydrogen) atoms. The molecule has 0 bridgehead atoms. The zero-order chi connectivity index (χ0) is 10.9. The topological polar surface area (TPSA) is 53.5 Å². The van der Waals surface area contributed by atoms with Gasteiger partial charge in [-0.2, -0.15) is 0 Å². The first-order valence-corrected chi connectivity index (χ1v) is 5.64. The summed E-state index contributed by atoms with van der Waals surface area (Å²) in [5, 5.41) is 8.25. The maximum atomic E-state index is 5.61. The molecule has 0 fully saturated rings. The summed E-state index contributed by atoms with van der Waals surface area (Å²) >= 11 is 6.93. The highest BCUT2D eigenvalue weighted by atomic mass is 35.5. The standard InChI is InChI=1S/C8H13ClN2O3S/c1-12-2-3-13-4-5-14-6-7-10-11-8(9)15-7/h2-6H2,1H3. The predicted molar refractivity (Wildman–Crippen MR) is 57.3 cm³/mol. The van der Waals surface area contributed by atoms with Crippen LogP contribution in [-0.2, 0) is 20.8 Å². The summed E-state index contributed by atoms with van der Waals surface area (Å²) in [4.78, 5) is 0. The van der Waals surface area contributed by atoms with Crippen LogP contribution in [0.25, 0.3) is 0 Å². The van der Waals surface area contributed by atoms with Gasteiger partial charge in [0.25, 0.3) is 0 Å². The first-order chi connectivity index (χ1) is 7.33. The Balaban J connectivity index is 1.93. The van der Waals surface area contributed by atoms with Gasteiger partial charge in [0.2, 0.25) is 4.47 Å². The van der Waals surface area contributed by atoms with Crippen molar-refractivity contribution in [1.82, 2.24) is 10.2 Å². The third kappa shape index (κ3) is 6.01. The highest BCUT2D eigenvalue weighted by Gasteiger charge is 2.00. The predicted octanol–water partition coefficient (Wildman–Crippen LogP) is 1.37. The van der Waals surface area contributed by atoms with Gasteiger partial charge in [-0.3, -0.25) is 0 Å². The lowest BCUT2D eigenvalue weighted by Crippen LogP contribution is -2.08. The van der Waals surface area contributed by atoms with E-state index in [1.807, 2.05) is 0 Å². The van der Waals surface area contributed by atoms with Gasteiger partial charge in [0, 0.05) is 7.11 Å². The Morgan fingerprint density at radius 1 is 1.13 bits per heavy atom. The van der Waals surface area contributed by atoms with Gasteiger partial charge in [0.15, 0.2) is 0 Å². The zero-order valence-corrected chi connectivity index (χ0v) is 10.0. The highest BCUT2D eigenvalue weighted by Crippen LogP contribution is 2.15. The van der Waals surface area contributed by atoms with E-state index >= 15 is 0 Å². The number of aromatic nitrogens is 2. The average Bonchev–Trinajstić information content (AvgIpc) is 2.63. The van der Waals surface area contributed by atoms with Crippen LogP contribution in [0, 0.1) is 0 Å². The molecule has 0 amide bonds.